The molecule has 0 unspecified atom stereocenters. The minimum Gasteiger partial charge on any atom is -0.502 e. The van der Waals surface area contributed by atoms with Crippen molar-refractivity contribution in [2.45, 2.75) is 13.5 Å². The molecule has 0 bridgehead atoms. The third-order valence-electron chi connectivity index (χ3n) is 3.26. The zero-order valence-electron chi connectivity index (χ0n) is 12.1. The number of phenolic OH excluding ortho intramolecular Hbond substituents is 1. The molecular weight excluding hydrogens is 258 g/mol. The van der Waals surface area contributed by atoms with E-state index in [0.717, 1.165) is 16.9 Å². The van der Waals surface area contributed by atoms with Crippen molar-refractivity contribution in [3.63, 3.8) is 0 Å². The minimum atomic E-state index is 0.0105. The Balaban J connectivity index is 2.19. The highest BCUT2D eigenvalue weighted by molar-refractivity contribution is 5.54. The molecule has 0 radical (unpaired) electrons. The van der Waals surface area contributed by atoms with Gasteiger partial charge in [-0.2, -0.15) is 5.10 Å². The smallest absolute Gasteiger partial charge is 0.200 e. The molecule has 0 amide bonds. The van der Waals surface area contributed by atoms with Crippen molar-refractivity contribution >= 4 is 5.69 Å². The van der Waals surface area contributed by atoms with Crippen LogP contribution in [0, 0.1) is 6.92 Å². The number of methoxy groups -OCH3 is 2. The molecular formula is C14H19N3O3. The molecule has 2 rings (SSSR count). The zero-order valence-corrected chi connectivity index (χ0v) is 12.1. The van der Waals surface area contributed by atoms with E-state index in [1.54, 1.807) is 23.0 Å². The van der Waals surface area contributed by atoms with E-state index in [1.165, 1.54) is 14.2 Å². The maximum Gasteiger partial charge on any atom is 0.200 e. The molecule has 6 nitrogen and oxygen atoms in total. The number of ether oxygens (including phenoxy) is 2. The predicted octanol–water partition coefficient (Wildman–Crippen LogP) is 2.06. The molecule has 2 N–H and O–H groups in total. The number of aromatic nitrogens is 2. The average Bonchev–Trinajstić information content (AvgIpc) is 2.77. The van der Waals surface area contributed by atoms with Gasteiger partial charge in [-0.25, -0.2) is 0 Å². The lowest BCUT2D eigenvalue weighted by Gasteiger charge is -2.12. The fraction of sp³-hybridized carbons (Fsp3) is 0.357. The van der Waals surface area contributed by atoms with Gasteiger partial charge in [0.1, 0.15) is 0 Å². The summed E-state index contributed by atoms with van der Waals surface area (Å²) in [6, 6.07) is 3.55. The highest BCUT2D eigenvalue weighted by Crippen LogP contribution is 2.37. The first-order valence-corrected chi connectivity index (χ1v) is 6.23. The van der Waals surface area contributed by atoms with Gasteiger partial charge in [-0.05, 0) is 24.6 Å². The molecule has 0 saturated heterocycles. The number of benzene rings is 1. The molecule has 0 aliphatic carbocycles. The molecule has 108 valence electrons. The Hall–Kier alpha value is -2.37. The topological polar surface area (TPSA) is 68.5 Å². The lowest BCUT2D eigenvalue weighted by atomic mass is 10.1. The Labute approximate surface area is 117 Å². The van der Waals surface area contributed by atoms with Crippen molar-refractivity contribution in [1.29, 1.82) is 0 Å². The van der Waals surface area contributed by atoms with E-state index in [0.29, 0.717) is 18.0 Å². The molecule has 6 heteroatoms. The van der Waals surface area contributed by atoms with Crippen LogP contribution in [0.4, 0.5) is 5.69 Å². The number of aromatic hydroxyl groups is 1. The lowest BCUT2D eigenvalue weighted by molar-refractivity contribution is 0.339. The van der Waals surface area contributed by atoms with Gasteiger partial charge in [0, 0.05) is 13.6 Å². The Morgan fingerprint density at radius 2 is 1.85 bits per heavy atom. The first-order chi connectivity index (χ1) is 9.56. The van der Waals surface area contributed by atoms with Crippen LogP contribution in [0.3, 0.4) is 0 Å². The molecule has 0 aliphatic rings. The zero-order chi connectivity index (χ0) is 14.7. The summed E-state index contributed by atoms with van der Waals surface area (Å²) in [4.78, 5) is 0. The van der Waals surface area contributed by atoms with Gasteiger partial charge in [0.25, 0.3) is 0 Å². The van der Waals surface area contributed by atoms with Gasteiger partial charge in [0.05, 0.1) is 31.8 Å². The maximum absolute atomic E-state index is 9.86. The van der Waals surface area contributed by atoms with Crippen molar-refractivity contribution in [2.24, 2.45) is 7.05 Å². The van der Waals surface area contributed by atoms with Crippen LogP contribution in [0.2, 0.25) is 0 Å². The molecule has 1 aromatic carbocycles. The van der Waals surface area contributed by atoms with Gasteiger partial charge >= 0.3 is 0 Å². The Kier molecular flexibility index (Phi) is 4.02. The first kappa shape index (κ1) is 14.0. The second kappa shape index (κ2) is 5.73. The molecule has 2 aromatic rings. The first-order valence-electron chi connectivity index (χ1n) is 6.23. The average molecular weight is 277 g/mol. The van der Waals surface area contributed by atoms with E-state index >= 15 is 0 Å². The van der Waals surface area contributed by atoms with E-state index in [9.17, 15) is 5.11 Å². The Morgan fingerprint density at radius 3 is 2.30 bits per heavy atom. The van der Waals surface area contributed by atoms with Gasteiger partial charge < -0.3 is 19.9 Å². The fourth-order valence-corrected chi connectivity index (χ4v) is 1.92. The summed E-state index contributed by atoms with van der Waals surface area (Å²) in [5.41, 5.74) is 2.97. The number of nitrogens with one attached hydrogen (secondary N) is 1. The maximum atomic E-state index is 9.86. The van der Waals surface area contributed by atoms with Crippen molar-refractivity contribution in [2.75, 3.05) is 19.5 Å². The van der Waals surface area contributed by atoms with Crippen LogP contribution in [0.15, 0.2) is 18.3 Å². The van der Waals surface area contributed by atoms with E-state index in [2.05, 4.69) is 10.4 Å². The Bertz CT molecular complexity index is 583. The fourth-order valence-electron chi connectivity index (χ4n) is 1.92. The number of phenols is 1. The number of nitrogens with zero attached hydrogens (tertiary/aromatic N) is 2. The monoisotopic (exact) mass is 277 g/mol. The summed E-state index contributed by atoms with van der Waals surface area (Å²) in [7, 11) is 4.92. The van der Waals surface area contributed by atoms with Crippen molar-refractivity contribution in [1.82, 2.24) is 9.78 Å². The van der Waals surface area contributed by atoms with Gasteiger partial charge in [0.2, 0.25) is 5.75 Å². The van der Waals surface area contributed by atoms with Gasteiger partial charge in [0.15, 0.2) is 11.5 Å². The molecule has 20 heavy (non-hydrogen) atoms. The molecule has 0 atom stereocenters. The summed E-state index contributed by atoms with van der Waals surface area (Å²) >= 11 is 0. The van der Waals surface area contributed by atoms with Crippen LogP contribution in [-0.2, 0) is 13.6 Å². The minimum absolute atomic E-state index is 0.0105. The van der Waals surface area contributed by atoms with Gasteiger partial charge in [-0.15, -0.1) is 0 Å². The lowest BCUT2D eigenvalue weighted by Crippen LogP contribution is -2.02. The van der Waals surface area contributed by atoms with Gasteiger partial charge in [-0.3, -0.25) is 4.68 Å². The van der Waals surface area contributed by atoms with Crippen LogP contribution in [0.25, 0.3) is 0 Å². The summed E-state index contributed by atoms with van der Waals surface area (Å²) in [5.74, 6) is 0.796. The third-order valence-corrected chi connectivity index (χ3v) is 3.26. The standard InChI is InChI=1S/C14H19N3O3/c1-9-11(8-16-17(9)2)15-7-10-5-12(19-3)14(18)13(6-10)20-4/h5-6,8,15,18H,7H2,1-4H3. The second-order valence-corrected chi connectivity index (χ2v) is 4.47. The largest absolute Gasteiger partial charge is 0.502 e. The quantitative estimate of drug-likeness (QED) is 0.875. The van der Waals surface area contributed by atoms with Crippen LogP contribution in [-0.4, -0.2) is 29.1 Å². The second-order valence-electron chi connectivity index (χ2n) is 4.47. The van der Waals surface area contributed by atoms with E-state index < -0.39 is 0 Å². The number of anilines is 1. The van der Waals surface area contributed by atoms with E-state index in [4.69, 9.17) is 9.47 Å². The molecule has 0 aliphatic heterocycles. The van der Waals surface area contributed by atoms with Crippen LogP contribution in [0.5, 0.6) is 17.2 Å². The highest BCUT2D eigenvalue weighted by Gasteiger charge is 2.11. The molecule has 1 heterocycles. The molecule has 1 aromatic heterocycles. The van der Waals surface area contributed by atoms with Crippen molar-refractivity contribution in [3.8, 4) is 17.2 Å². The highest BCUT2D eigenvalue weighted by atomic mass is 16.5. The van der Waals surface area contributed by atoms with E-state index in [-0.39, 0.29) is 5.75 Å². The normalized spacial score (nSPS) is 10.4. The number of hydrogen-bond acceptors (Lipinski definition) is 5. The van der Waals surface area contributed by atoms with Crippen molar-refractivity contribution in [3.05, 3.63) is 29.6 Å². The number of rotatable bonds is 5. The summed E-state index contributed by atoms with van der Waals surface area (Å²) in [6.07, 6.45) is 1.78. The predicted molar refractivity (Wildman–Crippen MR) is 76.5 cm³/mol. The van der Waals surface area contributed by atoms with Crippen LogP contribution < -0.4 is 14.8 Å². The summed E-state index contributed by atoms with van der Waals surface area (Å²) < 4.78 is 12.1. The molecule has 0 fully saturated rings. The van der Waals surface area contributed by atoms with E-state index in [1.807, 2.05) is 14.0 Å². The third kappa shape index (κ3) is 2.64. The van der Waals surface area contributed by atoms with Crippen molar-refractivity contribution < 1.29 is 14.6 Å². The molecule has 0 spiro atoms. The van der Waals surface area contributed by atoms with Gasteiger partial charge in [-0.1, -0.05) is 0 Å². The number of aryl methyl sites for hydroxylation is 1. The van der Waals surface area contributed by atoms with Crippen LogP contribution in [0.1, 0.15) is 11.3 Å². The number of hydrogen-bond donors (Lipinski definition) is 2. The van der Waals surface area contributed by atoms with Crippen LogP contribution >= 0.6 is 0 Å². The summed E-state index contributed by atoms with van der Waals surface area (Å²) in [6.45, 7) is 2.58. The Morgan fingerprint density at radius 1 is 1.25 bits per heavy atom. The molecule has 0 saturated carbocycles. The summed E-state index contributed by atoms with van der Waals surface area (Å²) in [5, 5.41) is 17.3. The SMILES string of the molecule is COc1cc(CNc2cnn(C)c2C)cc(OC)c1O.